The predicted molar refractivity (Wildman–Crippen MR) is 207 cm³/mol. The van der Waals surface area contributed by atoms with Gasteiger partial charge < -0.3 is 9.80 Å². The molecule has 0 saturated carbocycles. The van der Waals surface area contributed by atoms with E-state index in [1.165, 1.54) is 55.8 Å². The van der Waals surface area contributed by atoms with E-state index in [1.807, 2.05) is 24.3 Å². The SMILES string of the molecule is CC(C)(C)c1ccc2c(c1)B1c3cc(C(C)(C)C)ccc3N(c3ccc(Cl)cc3)c3cc(C(C)(C)C)cc(c31)N2c1ccc(Cl)cc1. The van der Waals surface area contributed by atoms with Crippen molar-refractivity contribution in [3.8, 4) is 0 Å². The van der Waals surface area contributed by atoms with Crippen LogP contribution in [0.3, 0.4) is 0 Å². The maximum Gasteiger partial charge on any atom is 0.252 e. The van der Waals surface area contributed by atoms with E-state index >= 15 is 0 Å². The first-order valence-corrected chi connectivity index (χ1v) is 17.4. The van der Waals surface area contributed by atoms with Crippen LogP contribution in [0.15, 0.2) is 97.1 Å². The first-order chi connectivity index (χ1) is 22.0. The summed E-state index contributed by atoms with van der Waals surface area (Å²) in [5.74, 6) is 0. The van der Waals surface area contributed by atoms with Gasteiger partial charge in [-0.2, -0.15) is 0 Å². The molecule has 238 valence electrons. The summed E-state index contributed by atoms with van der Waals surface area (Å²) in [6.45, 7) is 20.8. The molecule has 0 fully saturated rings. The first kappa shape index (κ1) is 31.9. The van der Waals surface area contributed by atoms with E-state index in [-0.39, 0.29) is 23.0 Å². The van der Waals surface area contributed by atoms with Crippen LogP contribution in [0.2, 0.25) is 10.0 Å². The Bertz CT molecular complexity index is 1870. The van der Waals surface area contributed by atoms with Crippen LogP contribution in [0.4, 0.5) is 34.1 Å². The molecule has 5 aromatic carbocycles. The summed E-state index contributed by atoms with van der Waals surface area (Å²) in [7, 11) is 0. The van der Waals surface area contributed by atoms with Gasteiger partial charge in [-0.15, -0.1) is 0 Å². The second-order valence-electron chi connectivity index (χ2n) is 16.3. The van der Waals surface area contributed by atoms with Gasteiger partial charge in [0.1, 0.15) is 0 Å². The van der Waals surface area contributed by atoms with Gasteiger partial charge in [0.05, 0.1) is 0 Å². The molecule has 7 rings (SSSR count). The molecule has 0 radical (unpaired) electrons. The lowest BCUT2D eigenvalue weighted by molar-refractivity contribution is 0.590. The minimum atomic E-state index is -0.0783. The molecule has 5 aromatic rings. The summed E-state index contributed by atoms with van der Waals surface area (Å²) in [4.78, 5) is 4.92. The molecule has 0 spiro atoms. The molecule has 0 amide bonds. The van der Waals surface area contributed by atoms with Crippen LogP contribution in [0.1, 0.15) is 79.0 Å². The first-order valence-electron chi connectivity index (χ1n) is 16.6. The topological polar surface area (TPSA) is 6.48 Å². The van der Waals surface area contributed by atoms with Gasteiger partial charge in [-0.05, 0) is 122 Å². The van der Waals surface area contributed by atoms with Gasteiger partial charge in [-0.3, -0.25) is 0 Å². The molecular weight excluding hydrogens is 614 g/mol. The monoisotopic (exact) mass is 656 g/mol. The van der Waals surface area contributed by atoms with Crippen molar-refractivity contribution in [1.29, 1.82) is 0 Å². The molecule has 2 aliphatic rings. The minimum Gasteiger partial charge on any atom is -0.311 e. The summed E-state index contributed by atoms with van der Waals surface area (Å²) >= 11 is 12.9. The van der Waals surface area contributed by atoms with Gasteiger partial charge in [-0.1, -0.05) is 110 Å². The van der Waals surface area contributed by atoms with Crippen molar-refractivity contribution in [1.82, 2.24) is 0 Å². The Kier molecular flexibility index (Phi) is 7.43. The van der Waals surface area contributed by atoms with E-state index < -0.39 is 0 Å². The molecule has 0 atom stereocenters. The fraction of sp³-hybridized carbons (Fsp3) is 0.286. The van der Waals surface area contributed by atoms with Gasteiger partial charge >= 0.3 is 0 Å². The fourth-order valence-electron chi connectivity index (χ4n) is 7.11. The number of halogens is 2. The van der Waals surface area contributed by atoms with Crippen molar-refractivity contribution in [3.05, 3.63) is 124 Å². The van der Waals surface area contributed by atoms with E-state index in [4.69, 9.17) is 23.2 Å². The van der Waals surface area contributed by atoms with Crippen LogP contribution in [-0.2, 0) is 16.2 Å². The molecule has 0 bridgehead atoms. The highest BCUT2D eigenvalue weighted by molar-refractivity contribution is 7.00. The van der Waals surface area contributed by atoms with Crippen molar-refractivity contribution in [2.75, 3.05) is 9.80 Å². The third kappa shape index (κ3) is 5.46. The number of hydrogen-bond donors (Lipinski definition) is 0. The summed E-state index contributed by atoms with van der Waals surface area (Å²) in [5, 5.41) is 1.46. The second-order valence-corrected chi connectivity index (χ2v) is 17.2. The summed E-state index contributed by atoms with van der Waals surface area (Å²) in [6, 6.07) is 35.7. The quantitative estimate of drug-likeness (QED) is 0.171. The molecule has 0 aliphatic carbocycles. The van der Waals surface area contributed by atoms with Crippen LogP contribution in [0.25, 0.3) is 0 Å². The van der Waals surface area contributed by atoms with E-state index in [9.17, 15) is 0 Å². The lowest BCUT2D eigenvalue weighted by Gasteiger charge is -2.45. The molecule has 2 heterocycles. The van der Waals surface area contributed by atoms with Gasteiger partial charge in [0.2, 0.25) is 0 Å². The Morgan fingerprint density at radius 3 is 1.13 bits per heavy atom. The lowest BCUT2D eigenvalue weighted by atomic mass is 9.33. The molecule has 0 N–H and O–H groups in total. The van der Waals surface area contributed by atoms with Gasteiger partial charge in [-0.25, -0.2) is 0 Å². The summed E-state index contributed by atoms with van der Waals surface area (Å²) in [6.07, 6.45) is 0. The van der Waals surface area contributed by atoms with Crippen molar-refractivity contribution in [2.24, 2.45) is 0 Å². The van der Waals surface area contributed by atoms with Crippen LogP contribution in [0.5, 0.6) is 0 Å². The number of fused-ring (bicyclic) bond motifs is 4. The highest BCUT2D eigenvalue weighted by Crippen LogP contribution is 2.47. The van der Waals surface area contributed by atoms with E-state index in [0.717, 1.165) is 21.4 Å². The van der Waals surface area contributed by atoms with Gasteiger partial charge in [0, 0.05) is 44.2 Å². The number of benzene rings is 5. The Balaban J connectivity index is 1.65. The zero-order chi connectivity index (χ0) is 33.6. The Morgan fingerprint density at radius 2 is 0.787 bits per heavy atom. The standard InChI is InChI=1S/C42H43BCl2N2/c1-40(2,3)26-10-20-35-33(22-26)43-34-23-27(41(4,5)6)11-21-36(34)47(32-18-14-30(45)15-19-32)38-25-28(42(7,8)9)24-37(39(38)43)46(35)31-16-12-29(44)13-17-31/h10-25H,1-9H3. The molecule has 5 heteroatoms. The number of hydrogen-bond acceptors (Lipinski definition) is 2. The average Bonchev–Trinajstić information content (AvgIpc) is 3.00. The molecule has 0 saturated heterocycles. The fourth-order valence-corrected chi connectivity index (χ4v) is 7.36. The summed E-state index contributed by atoms with van der Waals surface area (Å²) < 4.78 is 0. The van der Waals surface area contributed by atoms with Gasteiger partial charge in [0.25, 0.3) is 6.71 Å². The summed E-state index contributed by atoms with van der Waals surface area (Å²) in [5.41, 5.74) is 14.9. The third-order valence-corrected chi connectivity index (χ3v) is 10.3. The molecule has 0 aromatic heterocycles. The van der Waals surface area contributed by atoms with Gasteiger partial charge in [0.15, 0.2) is 0 Å². The highest BCUT2D eigenvalue weighted by atomic mass is 35.5. The number of rotatable bonds is 2. The zero-order valence-electron chi connectivity index (χ0n) is 29.0. The highest BCUT2D eigenvalue weighted by Gasteiger charge is 2.44. The van der Waals surface area contributed by atoms with Crippen LogP contribution in [-0.4, -0.2) is 6.71 Å². The van der Waals surface area contributed by atoms with E-state index in [2.05, 4.69) is 145 Å². The van der Waals surface area contributed by atoms with Crippen LogP contribution < -0.4 is 26.2 Å². The number of nitrogens with zero attached hydrogens (tertiary/aromatic N) is 2. The molecule has 2 nitrogen and oxygen atoms in total. The number of anilines is 6. The lowest BCUT2D eigenvalue weighted by Crippen LogP contribution is -2.61. The Hall–Kier alpha value is -3.66. The molecule has 47 heavy (non-hydrogen) atoms. The minimum absolute atomic E-state index is 0.000567. The van der Waals surface area contributed by atoms with Crippen molar-refractivity contribution in [3.63, 3.8) is 0 Å². The molecule has 0 unspecified atom stereocenters. The van der Waals surface area contributed by atoms with Crippen LogP contribution >= 0.6 is 23.2 Å². The largest absolute Gasteiger partial charge is 0.311 e. The van der Waals surface area contributed by atoms with Crippen LogP contribution in [0, 0.1) is 0 Å². The average molecular weight is 658 g/mol. The van der Waals surface area contributed by atoms with Crippen molar-refractivity contribution < 1.29 is 0 Å². The zero-order valence-corrected chi connectivity index (χ0v) is 30.5. The third-order valence-electron chi connectivity index (χ3n) is 9.83. The maximum atomic E-state index is 6.46. The maximum absolute atomic E-state index is 6.46. The molecular formula is C42H43BCl2N2. The predicted octanol–water partition coefficient (Wildman–Crippen LogP) is 11.0. The molecule has 2 aliphatic heterocycles. The van der Waals surface area contributed by atoms with Crippen molar-refractivity contribution in [2.45, 2.75) is 78.6 Å². The Labute approximate surface area is 291 Å². The second kappa shape index (κ2) is 10.9. The van der Waals surface area contributed by atoms with Crippen molar-refractivity contribution >= 4 is 80.4 Å². The van der Waals surface area contributed by atoms with E-state index in [1.54, 1.807) is 0 Å². The normalized spacial score (nSPS) is 14.1. The smallest absolute Gasteiger partial charge is 0.252 e. The Morgan fingerprint density at radius 1 is 0.426 bits per heavy atom. The van der Waals surface area contributed by atoms with E-state index in [0.29, 0.717) is 0 Å².